The van der Waals surface area contributed by atoms with E-state index in [1.807, 2.05) is 54.6 Å². The third-order valence-corrected chi connectivity index (χ3v) is 4.94. The predicted molar refractivity (Wildman–Crippen MR) is 116 cm³/mol. The monoisotopic (exact) mass is 396 g/mol. The minimum atomic E-state index is -0.572. The molecule has 2 amide bonds. The molecule has 0 saturated carbocycles. The van der Waals surface area contributed by atoms with Gasteiger partial charge in [0.2, 0.25) is 5.91 Å². The number of ether oxygens (including phenoxy) is 1. The van der Waals surface area contributed by atoms with Gasteiger partial charge in [-0.2, -0.15) is 0 Å². The van der Waals surface area contributed by atoms with Crippen LogP contribution in [0.2, 0.25) is 0 Å². The topological polar surface area (TPSA) is 58.6 Å². The largest absolute Gasteiger partial charge is 0.483 e. The van der Waals surface area contributed by atoms with Gasteiger partial charge >= 0.3 is 0 Å². The summed E-state index contributed by atoms with van der Waals surface area (Å²) >= 11 is 0. The van der Waals surface area contributed by atoms with Crippen LogP contribution >= 0.6 is 0 Å². The molecule has 1 N–H and O–H groups in total. The van der Waals surface area contributed by atoms with Crippen molar-refractivity contribution in [2.45, 2.75) is 45.6 Å². The van der Waals surface area contributed by atoms with Crippen LogP contribution in [0.1, 0.15) is 38.8 Å². The van der Waals surface area contributed by atoms with Crippen LogP contribution in [0.4, 0.5) is 0 Å². The molecule has 5 heteroatoms. The second-order valence-electron chi connectivity index (χ2n) is 8.15. The first-order valence-electron chi connectivity index (χ1n) is 10.0. The van der Waals surface area contributed by atoms with Gasteiger partial charge < -0.3 is 15.0 Å². The van der Waals surface area contributed by atoms with Crippen LogP contribution in [0.15, 0.2) is 54.6 Å². The van der Waals surface area contributed by atoms with Crippen molar-refractivity contribution in [1.29, 1.82) is 0 Å². The number of benzene rings is 2. The van der Waals surface area contributed by atoms with Gasteiger partial charge in [-0.25, -0.2) is 0 Å². The van der Waals surface area contributed by atoms with E-state index in [1.165, 1.54) is 0 Å². The number of hydrogen-bond acceptors (Lipinski definition) is 3. The van der Waals surface area contributed by atoms with Crippen LogP contribution < -0.4 is 10.1 Å². The molecule has 0 aliphatic carbocycles. The van der Waals surface area contributed by atoms with Gasteiger partial charge in [0.05, 0.1) is 0 Å². The fraction of sp³-hybridized carbons (Fsp3) is 0.417. The molecule has 0 aromatic heterocycles. The van der Waals surface area contributed by atoms with Crippen LogP contribution in [-0.4, -0.2) is 43.0 Å². The van der Waals surface area contributed by atoms with Gasteiger partial charge in [-0.1, -0.05) is 69.3 Å². The number of hydrogen-bond donors (Lipinski definition) is 1. The van der Waals surface area contributed by atoms with Crippen LogP contribution in [0.5, 0.6) is 5.75 Å². The van der Waals surface area contributed by atoms with Crippen molar-refractivity contribution in [3.63, 3.8) is 0 Å². The van der Waals surface area contributed by atoms with Crippen molar-refractivity contribution < 1.29 is 14.3 Å². The molecule has 2 rings (SSSR count). The molecule has 1 atom stereocenters. The fourth-order valence-electron chi connectivity index (χ4n) is 3.21. The summed E-state index contributed by atoms with van der Waals surface area (Å²) in [5, 5.41) is 2.63. The lowest BCUT2D eigenvalue weighted by molar-refractivity contribution is -0.141. The van der Waals surface area contributed by atoms with Gasteiger partial charge in [0.1, 0.15) is 11.8 Å². The summed E-state index contributed by atoms with van der Waals surface area (Å²) in [5.74, 6) is 0.297. The highest BCUT2D eigenvalue weighted by Crippen LogP contribution is 2.30. The number of rotatable bonds is 8. The molecule has 0 aliphatic heterocycles. The maximum atomic E-state index is 13.0. The second kappa shape index (κ2) is 10.1. The van der Waals surface area contributed by atoms with Crippen molar-refractivity contribution in [3.8, 4) is 5.75 Å². The van der Waals surface area contributed by atoms with E-state index in [1.54, 1.807) is 18.9 Å². The Labute approximate surface area is 174 Å². The Morgan fingerprint density at radius 1 is 1.03 bits per heavy atom. The predicted octanol–water partition coefficient (Wildman–Crippen LogP) is 3.57. The smallest absolute Gasteiger partial charge is 0.261 e. The molecule has 0 radical (unpaired) electrons. The maximum absolute atomic E-state index is 13.0. The van der Waals surface area contributed by atoms with E-state index in [0.29, 0.717) is 18.7 Å². The van der Waals surface area contributed by atoms with Crippen molar-refractivity contribution >= 4 is 11.8 Å². The minimum absolute atomic E-state index is 0.0952. The SMILES string of the molecule is CNC(=O)[C@H](C)N(CCc1ccccc1)C(=O)COc1ccccc1C(C)(C)C. The molecule has 0 spiro atoms. The molecule has 0 unspecified atom stereocenters. The zero-order valence-electron chi connectivity index (χ0n) is 18.1. The highest BCUT2D eigenvalue weighted by Gasteiger charge is 2.26. The van der Waals surface area contributed by atoms with E-state index in [2.05, 4.69) is 26.1 Å². The third kappa shape index (κ3) is 6.34. The summed E-state index contributed by atoms with van der Waals surface area (Å²) in [7, 11) is 1.58. The number of nitrogens with one attached hydrogen (secondary N) is 1. The first-order chi connectivity index (χ1) is 13.7. The first kappa shape index (κ1) is 22.5. The second-order valence-corrected chi connectivity index (χ2v) is 8.15. The Kier molecular flexibility index (Phi) is 7.82. The Morgan fingerprint density at radius 3 is 2.28 bits per heavy atom. The highest BCUT2D eigenvalue weighted by molar-refractivity contribution is 5.87. The molecule has 156 valence electrons. The highest BCUT2D eigenvalue weighted by atomic mass is 16.5. The number of carbonyl (C=O) groups excluding carboxylic acids is 2. The Hall–Kier alpha value is -2.82. The molecule has 0 fully saturated rings. The average molecular weight is 397 g/mol. The molecule has 0 heterocycles. The molecule has 0 aliphatic rings. The molecule has 0 bridgehead atoms. The number of nitrogens with zero attached hydrogens (tertiary/aromatic N) is 1. The van der Waals surface area contributed by atoms with E-state index in [0.717, 1.165) is 11.1 Å². The lowest BCUT2D eigenvalue weighted by Gasteiger charge is -2.29. The lowest BCUT2D eigenvalue weighted by Crippen LogP contribution is -2.49. The van der Waals surface area contributed by atoms with Crippen molar-refractivity contribution in [1.82, 2.24) is 10.2 Å². The van der Waals surface area contributed by atoms with Gasteiger partial charge in [0, 0.05) is 13.6 Å². The third-order valence-electron chi connectivity index (χ3n) is 4.94. The van der Waals surface area contributed by atoms with E-state index in [-0.39, 0.29) is 23.8 Å². The number of amides is 2. The van der Waals surface area contributed by atoms with Crippen LogP contribution in [0.25, 0.3) is 0 Å². The molecule has 5 nitrogen and oxygen atoms in total. The molecular formula is C24H32N2O3. The van der Waals surface area contributed by atoms with E-state index < -0.39 is 6.04 Å². The number of carbonyl (C=O) groups is 2. The van der Waals surface area contributed by atoms with Gasteiger partial charge in [-0.3, -0.25) is 9.59 Å². The van der Waals surface area contributed by atoms with Crippen molar-refractivity contribution in [3.05, 3.63) is 65.7 Å². The van der Waals surface area contributed by atoms with Gasteiger partial charge in [0.25, 0.3) is 5.91 Å². The average Bonchev–Trinajstić information content (AvgIpc) is 2.71. The van der Waals surface area contributed by atoms with Gasteiger partial charge in [-0.15, -0.1) is 0 Å². The van der Waals surface area contributed by atoms with Gasteiger partial charge in [0.15, 0.2) is 6.61 Å². The van der Waals surface area contributed by atoms with Crippen molar-refractivity contribution in [2.75, 3.05) is 20.2 Å². The number of likely N-dealkylation sites (N-methyl/N-ethyl adjacent to an activating group) is 1. The fourth-order valence-corrected chi connectivity index (χ4v) is 3.21. The van der Waals surface area contributed by atoms with Crippen LogP contribution in [0.3, 0.4) is 0 Å². The lowest BCUT2D eigenvalue weighted by atomic mass is 9.86. The summed E-state index contributed by atoms with van der Waals surface area (Å²) < 4.78 is 5.90. The van der Waals surface area contributed by atoms with E-state index >= 15 is 0 Å². The molecule has 2 aromatic rings. The first-order valence-corrected chi connectivity index (χ1v) is 10.0. The summed E-state index contributed by atoms with van der Waals surface area (Å²) in [6, 6.07) is 17.1. The maximum Gasteiger partial charge on any atom is 0.261 e. The Bertz CT molecular complexity index is 812. The number of para-hydroxylation sites is 1. The van der Waals surface area contributed by atoms with Crippen LogP contribution in [-0.2, 0) is 21.4 Å². The van der Waals surface area contributed by atoms with E-state index in [9.17, 15) is 9.59 Å². The molecular weight excluding hydrogens is 364 g/mol. The Morgan fingerprint density at radius 2 is 1.66 bits per heavy atom. The Balaban J connectivity index is 2.12. The normalized spacial score (nSPS) is 12.2. The molecule has 2 aromatic carbocycles. The zero-order chi connectivity index (χ0) is 21.4. The summed E-state index contributed by atoms with van der Waals surface area (Å²) in [6.45, 7) is 8.40. The molecule has 29 heavy (non-hydrogen) atoms. The van der Waals surface area contributed by atoms with Crippen molar-refractivity contribution in [2.24, 2.45) is 0 Å². The van der Waals surface area contributed by atoms with Gasteiger partial charge in [-0.05, 0) is 36.0 Å². The van der Waals surface area contributed by atoms with Crippen LogP contribution in [0, 0.1) is 0 Å². The standard InChI is InChI=1S/C24H32N2O3/c1-18(23(28)25-5)26(16-15-19-11-7-6-8-12-19)22(27)17-29-21-14-10-9-13-20(21)24(2,3)4/h6-14,18H,15-17H2,1-5H3,(H,25,28)/t18-/m0/s1. The summed E-state index contributed by atoms with van der Waals surface area (Å²) in [6.07, 6.45) is 0.673. The summed E-state index contributed by atoms with van der Waals surface area (Å²) in [4.78, 5) is 26.8. The molecule has 0 saturated heterocycles. The van der Waals surface area contributed by atoms with E-state index in [4.69, 9.17) is 4.74 Å². The summed E-state index contributed by atoms with van der Waals surface area (Å²) in [5.41, 5.74) is 2.07. The zero-order valence-corrected chi connectivity index (χ0v) is 18.1. The minimum Gasteiger partial charge on any atom is -0.483 e. The quantitative estimate of drug-likeness (QED) is 0.742.